The van der Waals surface area contributed by atoms with Crippen LogP contribution in [0.3, 0.4) is 0 Å². The van der Waals surface area contributed by atoms with E-state index in [9.17, 15) is 0 Å². The Morgan fingerprint density at radius 1 is 1.17 bits per heavy atom. The maximum absolute atomic E-state index is 5.59. The van der Waals surface area contributed by atoms with Crippen molar-refractivity contribution >= 4 is 5.71 Å². The summed E-state index contributed by atoms with van der Waals surface area (Å²) in [4.78, 5) is 5.59. The fourth-order valence-electron chi connectivity index (χ4n) is 2.90. The Bertz CT molecular complexity index is 742. The first kappa shape index (κ1) is 13.9. The van der Waals surface area contributed by atoms with Crippen molar-refractivity contribution in [3.8, 4) is 17.2 Å². The van der Waals surface area contributed by atoms with Crippen molar-refractivity contribution in [3.63, 3.8) is 0 Å². The molecule has 0 aromatic heterocycles. The van der Waals surface area contributed by atoms with Crippen LogP contribution >= 0.6 is 0 Å². The lowest BCUT2D eigenvalue weighted by atomic mass is 10.00. The predicted octanol–water partition coefficient (Wildman–Crippen LogP) is 3.16. The molecular formula is C18H17NO4. The maximum Gasteiger partial charge on any atom is 0.231 e. The number of rotatable bonds is 4. The quantitative estimate of drug-likeness (QED) is 0.870. The van der Waals surface area contributed by atoms with Gasteiger partial charge in [0.05, 0.1) is 12.8 Å². The molecule has 5 nitrogen and oxygen atoms in total. The summed E-state index contributed by atoms with van der Waals surface area (Å²) in [6.07, 6.45) is 1.56. The van der Waals surface area contributed by atoms with Gasteiger partial charge in [-0.3, -0.25) is 0 Å². The van der Waals surface area contributed by atoms with Crippen LogP contribution in [0.4, 0.5) is 0 Å². The first-order chi connectivity index (χ1) is 11.3. The summed E-state index contributed by atoms with van der Waals surface area (Å²) in [6, 6.07) is 14.1. The van der Waals surface area contributed by atoms with E-state index in [4.69, 9.17) is 19.0 Å². The molecule has 0 bridgehead atoms. The van der Waals surface area contributed by atoms with Crippen molar-refractivity contribution < 1.29 is 19.0 Å². The minimum absolute atomic E-state index is 0.0234. The number of hydrogen-bond donors (Lipinski definition) is 0. The molecule has 2 aliphatic heterocycles. The van der Waals surface area contributed by atoms with Crippen molar-refractivity contribution in [1.82, 2.24) is 0 Å². The van der Waals surface area contributed by atoms with Crippen molar-refractivity contribution in [2.75, 3.05) is 13.9 Å². The smallest absolute Gasteiger partial charge is 0.231 e. The van der Waals surface area contributed by atoms with Gasteiger partial charge < -0.3 is 19.0 Å². The molecule has 23 heavy (non-hydrogen) atoms. The van der Waals surface area contributed by atoms with E-state index < -0.39 is 0 Å². The topological polar surface area (TPSA) is 49.3 Å². The molecule has 0 unspecified atom stereocenters. The van der Waals surface area contributed by atoms with Crippen molar-refractivity contribution in [2.45, 2.75) is 18.9 Å². The highest BCUT2D eigenvalue weighted by Crippen LogP contribution is 2.42. The molecule has 0 radical (unpaired) electrons. The summed E-state index contributed by atoms with van der Waals surface area (Å²) in [5.74, 6) is 2.09. The molecule has 2 aliphatic rings. The van der Waals surface area contributed by atoms with Crippen LogP contribution in [0.15, 0.2) is 47.6 Å². The van der Waals surface area contributed by atoms with E-state index in [1.54, 1.807) is 7.11 Å². The molecule has 0 amide bonds. The average Bonchev–Trinajstić information content (AvgIpc) is 3.24. The van der Waals surface area contributed by atoms with Gasteiger partial charge in [-0.05, 0) is 23.3 Å². The van der Waals surface area contributed by atoms with E-state index in [1.165, 1.54) is 0 Å². The monoisotopic (exact) mass is 311 g/mol. The van der Waals surface area contributed by atoms with Crippen molar-refractivity contribution in [3.05, 3.63) is 53.6 Å². The fourth-order valence-corrected chi connectivity index (χ4v) is 2.90. The van der Waals surface area contributed by atoms with Crippen LogP contribution in [-0.2, 0) is 11.3 Å². The highest BCUT2D eigenvalue weighted by atomic mass is 16.7. The van der Waals surface area contributed by atoms with Gasteiger partial charge in [0.1, 0.15) is 6.10 Å². The zero-order valence-electron chi connectivity index (χ0n) is 12.8. The van der Waals surface area contributed by atoms with Gasteiger partial charge in [0, 0.05) is 12.8 Å². The van der Waals surface area contributed by atoms with Crippen molar-refractivity contribution in [1.29, 1.82) is 0 Å². The highest BCUT2D eigenvalue weighted by molar-refractivity contribution is 6.01. The SMILES string of the molecule is COc1cc(C[C@H]2CC(c3ccccc3)=NO2)cc2c1OCO2. The van der Waals surface area contributed by atoms with Crippen LogP contribution in [0.2, 0.25) is 0 Å². The molecule has 0 fully saturated rings. The van der Waals surface area contributed by atoms with E-state index in [0.29, 0.717) is 11.5 Å². The van der Waals surface area contributed by atoms with Crippen LogP contribution in [0.1, 0.15) is 17.5 Å². The summed E-state index contributed by atoms with van der Waals surface area (Å²) in [5.41, 5.74) is 3.18. The molecule has 0 aliphatic carbocycles. The molecular weight excluding hydrogens is 294 g/mol. The van der Waals surface area contributed by atoms with Crippen LogP contribution in [0.25, 0.3) is 0 Å². The molecule has 0 saturated carbocycles. The standard InChI is InChI=1S/C18H17NO4/c1-20-16-8-12(9-17-18(16)22-11-21-17)7-14-10-15(19-23-14)13-5-3-2-4-6-13/h2-6,8-9,14H,7,10-11H2,1H3/t14-/m0/s1. The molecule has 118 valence electrons. The average molecular weight is 311 g/mol. The van der Waals surface area contributed by atoms with Gasteiger partial charge in [-0.25, -0.2) is 0 Å². The van der Waals surface area contributed by atoms with Gasteiger partial charge in [0.15, 0.2) is 11.5 Å². The lowest BCUT2D eigenvalue weighted by Crippen LogP contribution is -2.12. The second kappa shape index (κ2) is 5.83. The Labute approximate surface area is 134 Å². The molecule has 0 spiro atoms. The maximum atomic E-state index is 5.59. The number of benzene rings is 2. The van der Waals surface area contributed by atoms with Gasteiger partial charge in [0.2, 0.25) is 12.5 Å². The number of methoxy groups -OCH3 is 1. The van der Waals surface area contributed by atoms with Crippen LogP contribution in [0, 0.1) is 0 Å². The summed E-state index contributed by atoms with van der Waals surface area (Å²) in [5, 5.41) is 4.23. The second-order valence-corrected chi connectivity index (χ2v) is 5.57. The number of oxime groups is 1. The summed E-state index contributed by atoms with van der Waals surface area (Å²) >= 11 is 0. The molecule has 0 N–H and O–H groups in total. The third-order valence-corrected chi connectivity index (χ3v) is 4.02. The molecule has 2 aromatic rings. The highest BCUT2D eigenvalue weighted by Gasteiger charge is 2.25. The fraction of sp³-hybridized carbons (Fsp3) is 0.278. The van der Waals surface area contributed by atoms with E-state index in [0.717, 1.165) is 35.4 Å². The molecule has 4 rings (SSSR count). The number of hydrogen-bond acceptors (Lipinski definition) is 5. The van der Waals surface area contributed by atoms with Gasteiger partial charge in [-0.15, -0.1) is 0 Å². The first-order valence-corrected chi connectivity index (χ1v) is 7.58. The lowest BCUT2D eigenvalue weighted by molar-refractivity contribution is 0.0858. The van der Waals surface area contributed by atoms with E-state index >= 15 is 0 Å². The van der Waals surface area contributed by atoms with Crippen LogP contribution < -0.4 is 14.2 Å². The molecule has 1 atom stereocenters. The normalized spacial score (nSPS) is 18.5. The first-order valence-electron chi connectivity index (χ1n) is 7.58. The summed E-state index contributed by atoms with van der Waals surface area (Å²) in [7, 11) is 1.63. The minimum atomic E-state index is 0.0234. The number of ether oxygens (including phenoxy) is 3. The molecule has 2 aromatic carbocycles. The summed E-state index contributed by atoms with van der Waals surface area (Å²) in [6.45, 7) is 0.232. The predicted molar refractivity (Wildman–Crippen MR) is 85.3 cm³/mol. The Kier molecular flexibility index (Phi) is 3.54. The van der Waals surface area contributed by atoms with Gasteiger partial charge in [-0.2, -0.15) is 0 Å². The number of fused-ring (bicyclic) bond motifs is 1. The second-order valence-electron chi connectivity index (χ2n) is 5.57. The van der Waals surface area contributed by atoms with E-state index in [1.807, 2.05) is 42.5 Å². The minimum Gasteiger partial charge on any atom is -0.493 e. The Balaban J connectivity index is 1.48. The van der Waals surface area contributed by atoms with Gasteiger partial charge in [0.25, 0.3) is 0 Å². The molecule has 5 heteroatoms. The summed E-state index contributed by atoms with van der Waals surface area (Å²) < 4.78 is 16.3. The van der Waals surface area contributed by atoms with Gasteiger partial charge in [-0.1, -0.05) is 35.5 Å². The van der Waals surface area contributed by atoms with Crippen LogP contribution in [-0.4, -0.2) is 25.7 Å². The zero-order chi connectivity index (χ0) is 15.6. The number of nitrogens with zero attached hydrogens (tertiary/aromatic N) is 1. The Morgan fingerprint density at radius 2 is 2.04 bits per heavy atom. The Morgan fingerprint density at radius 3 is 2.87 bits per heavy atom. The zero-order valence-corrected chi connectivity index (χ0v) is 12.8. The third kappa shape index (κ3) is 2.70. The molecule has 2 heterocycles. The van der Waals surface area contributed by atoms with E-state index in [-0.39, 0.29) is 12.9 Å². The lowest BCUT2D eigenvalue weighted by Gasteiger charge is -2.11. The van der Waals surface area contributed by atoms with E-state index in [2.05, 4.69) is 5.16 Å². The van der Waals surface area contributed by atoms with Crippen molar-refractivity contribution in [2.24, 2.45) is 5.16 Å². The van der Waals surface area contributed by atoms with Gasteiger partial charge >= 0.3 is 0 Å². The molecule has 0 saturated heterocycles. The largest absolute Gasteiger partial charge is 0.493 e. The third-order valence-electron chi connectivity index (χ3n) is 4.02. The van der Waals surface area contributed by atoms with Crippen LogP contribution in [0.5, 0.6) is 17.2 Å². The Hall–Kier alpha value is -2.69.